The second kappa shape index (κ2) is 13.5. The topological polar surface area (TPSA) is 109 Å². The van der Waals surface area contributed by atoms with E-state index in [9.17, 15) is 27.6 Å². The van der Waals surface area contributed by atoms with E-state index in [0.29, 0.717) is 29.1 Å². The van der Waals surface area contributed by atoms with Gasteiger partial charge in [-0.15, -0.1) is 0 Å². The number of benzene rings is 3. The molecule has 7 rings (SSSR count). The third kappa shape index (κ3) is 6.66. The summed E-state index contributed by atoms with van der Waals surface area (Å²) in [5.74, 6) is -1.76. The molecule has 51 heavy (non-hydrogen) atoms. The molecular formula is C38H37F3N6O4. The number of aromatic nitrogens is 2. The predicted molar refractivity (Wildman–Crippen MR) is 183 cm³/mol. The van der Waals surface area contributed by atoms with E-state index in [4.69, 9.17) is 4.74 Å². The van der Waals surface area contributed by atoms with Crippen molar-refractivity contribution in [3.05, 3.63) is 125 Å². The summed E-state index contributed by atoms with van der Waals surface area (Å²) in [4.78, 5) is 44.6. The summed E-state index contributed by atoms with van der Waals surface area (Å²) >= 11 is 0. The number of nitrogens with one attached hydrogen (secondary N) is 2. The molecule has 1 aromatic heterocycles. The van der Waals surface area contributed by atoms with Crippen molar-refractivity contribution >= 4 is 23.5 Å². The highest BCUT2D eigenvalue weighted by Gasteiger charge is 2.49. The van der Waals surface area contributed by atoms with E-state index in [0.717, 1.165) is 55.8 Å². The Labute approximate surface area is 292 Å². The normalized spacial score (nSPS) is 19.5. The zero-order valence-corrected chi connectivity index (χ0v) is 28.0. The number of hydrogen-bond donors (Lipinski definition) is 2. The maximum Gasteiger partial charge on any atom is 0.416 e. The minimum atomic E-state index is -4.65. The van der Waals surface area contributed by atoms with Gasteiger partial charge < -0.3 is 15.4 Å². The van der Waals surface area contributed by atoms with Crippen LogP contribution in [-0.2, 0) is 27.0 Å². The van der Waals surface area contributed by atoms with Crippen LogP contribution in [0, 0.1) is 5.41 Å². The highest BCUT2D eigenvalue weighted by atomic mass is 19.4. The van der Waals surface area contributed by atoms with E-state index in [1.54, 1.807) is 23.9 Å². The maximum absolute atomic E-state index is 14.3. The van der Waals surface area contributed by atoms with Gasteiger partial charge in [-0.1, -0.05) is 55.1 Å². The molecule has 2 saturated heterocycles. The lowest BCUT2D eigenvalue weighted by atomic mass is 9.78. The van der Waals surface area contributed by atoms with Crippen LogP contribution in [0.5, 0.6) is 0 Å². The molecule has 0 unspecified atom stereocenters. The van der Waals surface area contributed by atoms with Crippen LogP contribution < -0.4 is 15.5 Å². The standard InChI is InChI=1S/C38H37F3N6O4/c1-3-46-35-30(18-43-47(35)29-13-5-4-6-14-29)31(32(36(46)50)44-34(49)27-11-8-12-28(16-27)38(39,40)41)26-10-7-9-25(15-26)17-42-33(48)24(2)19-45-20-37(21-45)22-51-23-37/h4-16,18,31-32H,2-3,17,19-23H2,1H3,(H,42,48)(H,44,49)/t31-,32+/m1/s1. The highest BCUT2D eigenvalue weighted by molar-refractivity contribution is 6.05. The third-order valence-corrected chi connectivity index (χ3v) is 9.72. The average molecular weight is 699 g/mol. The molecule has 0 bridgehead atoms. The molecule has 0 radical (unpaired) electrons. The van der Waals surface area contributed by atoms with Crippen LogP contribution in [0.25, 0.3) is 5.69 Å². The lowest BCUT2D eigenvalue weighted by molar-refractivity contribution is -0.186. The zero-order chi connectivity index (χ0) is 35.9. The summed E-state index contributed by atoms with van der Waals surface area (Å²) in [7, 11) is 0. The number of ether oxygens (including phenoxy) is 1. The molecule has 2 fully saturated rings. The van der Waals surface area contributed by atoms with Crippen molar-refractivity contribution in [2.24, 2.45) is 5.41 Å². The van der Waals surface area contributed by atoms with Gasteiger partial charge >= 0.3 is 6.18 Å². The Hall–Kier alpha value is -5.27. The van der Waals surface area contributed by atoms with Gasteiger partial charge in [0.1, 0.15) is 11.9 Å². The number of nitrogens with zero attached hydrogens (tertiary/aromatic N) is 4. The smallest absolute Gasteiger partial charge is 0.380 e. The monoisotopic (exact) mass is 698 g/mol. The van der Waals surface area contributed by atoms with Crippen LogP contribution in [0.3, 0.4) is 0 Å². The fourth-order valence-corrected chi connectivity index (χ4v) is 7.21. The molecule has 0 saturated carbocycles. The first-order valence-corrected chi connectivity index (χ1v) is 16.7. The van der Waals surface area contributed by atoms with Gasteiger partial charge in [0.25, 0.3) is 11.8 Å². The van der Waals surface area contributed by atoms with E-state index in [2.05, 4.69) is 27.2 Å². The van der Waals surface area contributed by atoms with Crippen molar-refractivity contribution < 1.29 is 32.3 Å². The van der Waals surface area contributed by atoms with Crippen LogP contribution in [0.1, 0.15) is 45.5 Å². The molecule has 10 nitrogen and oxygen atoms in total. The minimum Gasteiger partial charge on any atom is -0.380 e. The van der Waals surface area contributed by atoms with E-state index in [1.165, 1.54) is 11.0 Å². The average Bonchev–Trinajstić information content (AvgIpc) is 3.52. The van der Waals surface area contributed by atoms with Gasteiger partial charge in [0, 0.05) is 60.8 Å². The summed E-state index contributed by atoms with van der Waals surface area (Å²) < 4.78 is 47.5. The van der Waals surface area contributed by atoms with Gasteiger partial charge in [0.05, 0.1) is 30.7 Å². The predicted octanol–water partition coefficient (Wildman–Crippen LogP) is 4.69. The molecule has 2 atom stereocenters. The van der Waals surface area contributed by atoms with Crippen molar-refractivity contribution in [3.8, 4) is 5.69 Å². The fraction of sp³-hybridized carbons (Fsp3) is 0.316. The van der Waals surface area contributed by atoms with Crippen LogP contribution in [-0.4, -0.2) is 77.8 Å². The summed E-state index contributed by atoms with van der Waals surface area (Å²) in [6.07, 6.45) is -3.00. The Morgan fingerprint density at radius 2 is 1.76 bits per heavy atom. The number of hydrogen-bond acceptors (Lipinski definition) is 6. The van der Waals surface area contributed by atoms with E-state index < -0.39 is 35.5 Å². The molecule has 264 valence electrons. The summed E-state index contributed by atoms with van der Waals surface area (Å²) in [5.41, 5.74) is 2.26. The Bertz CT molecular complexity index is 1980. The molecule has 0 aliphatic carbocycles. The van der Waals surface area contributed by atoms with Gasteiger partial charge in [-0.05, 0) is 48.4 Å². The van der Waals surface area contributed by atoms with E-state index in [1.807, 2.05) is 48.5 Å². The first-order chi connectivity index (χ1) is 24.5. The summed E-state index contributed by atoms with van der Waals surface area (Å²) in [6.45, 7) is 9.96. The molecule has 13 heteroatoms. The molecule has 3 aromatic carbocycles. The van der Waals surface area contributed by atoms with Gasteiger partial charge in [-0.25, -0.2) is 4.68 Å². The highest BCUT2D eigenvalue weighted by Crippen LogP contribution is 2.42. The number of likely N-dealkylation sites (tertiary alicyclic amines) is 1. The number of halogens is 3. The number of anilines is 1. The Morgan fingerprint density at radius 3 is 2.45 bits per heavy atom. The summed E-state index contributed by atoms with van der Waals surface area (Å²) in [6, 6.07) is 19.5. The van der Waals surface area contributed by atoms with Crippen LogP contribution >= 0.6 is 0 Å². The number of rotatable bonds is 10. The number of alkyl halides is 3. The van der Waals surface area contributed by atoms with Crippen molar-refractivity contribution in [3.63, 3.8) is 0 Å². The first-order valence-electron chi connectivity index (χ1n) is 16.7. The number of likely N-dealkylation sites (N-methyl/N-ethyl adjacent to an activating group) is 1. The maximum atomic E-state index is 14.3. The van der Waals surface area contributed by atoms with Crippen LogP contribution in [0.4, 0.5) is 19.0 Å². The number of amides is 3. The van der Waals surface area contributed by atoms with E-state index in [-0.39, 0.29) is 30.0 Å². The second-order valence-corrected chi connectivity index (χ2v) is 13.4. The third-order valence-electron chi connectivity index (χ3n) is 9.72. The van der Waals surface area contributed by atoms with Crippen LogP contribution in [0.15, 0.2) is 97.2 Å². The molecule has 3 aliphatic heterocycles. The van der Waals surface area contributed by atoms with Gasteiger partial charge in [-0.3, -0.25) is 24.2 Å². The molecule has 4 aromatic rings. The Balaban J connectivity index is 1.18. The zero-order valence-electron chi connectivity index (χ0n) is 28.0. The largest absolute Gasteiger partial charge is 0.416 e. The number of fused-ring (bicyclic) bond motifs is 1. The minimum absolute atomic E-state index is 0.183. The number of para-hydroxylation sites is 1. The van der Waals surface area contributed by atoms with E-state index >= 15 is 0 Å². The SMILES string of the molecule is C=C(CN1CC2(COC2)C1)C(=O)NCc1cccc([C@@H]2c3cnn(-c4ccccc4)c3N(CC)C(=O)[C@H]2NC(=O)c2cccc(C(F)(F)F)c2)c1. The van der Waals surface area contributed by atoms with Crippen molar-refractivity contribution in [2.75, 3.05) is 44.3 Å². The lowest BCUT2D eigenvalue weighted by Crippen LogP contribution is -2.66. The second-order valence-electron chi connectivity index (χ2n) is 13.4. The Kier molecular flexibility index (Phi) is 9.02. The van der Waals surface area contributed by atoms with Crippen molar-refractivity contribution in [1.82, 2.24) is 25.3 Å². The van der Waals surface area contributed by atoms with Gasteiger partial charge in [0.15, 0.2) is 0 Å². The molecular weight excluding hydrogens is 661 g/mol. The van der Waals surface area contributed by atoms with Gasteiger partial charge in [0.2, 0.25) is 5.91 Å². The van der Waals surface area contributed by atoms with Gasteiger partial charge in [-0.2, -0.15) is 18.3 Å². The molecule has 3 aliphatic rings. The van der Waals surface area contributed by atoms with Crippen molar-refractivity contribution in [1.29, 1.82) is 0 Å². The fourth-order valence-electron chi connectivity index (χ4n) is 7.21. The summed E-state index contributed by atoms with van der Waals surface area (Å²) in [5, 5.41) is 10.4. The Morgan fingerprint density at radius 1 is 1.02 bits per heavy atom. The number of carbonyl (C=O) groups excluding carboxylic acids is 3. The first kappa shape index (κ1) is 34.2. The molecule has 2 N–H and O–H groups in total. The molecule has 3 amide bonds. The van der Waals surface area contributed by atoms with Crippen molar-refractivity contribution in [2.45, 2.75) is 31.6 Å². The number of carbonyl (C=O) groups is 3. The molecule has 1 spiro atoms. The lowest BCUT2D eigenvalue weighted by Gasteiger charge is -2.55. The quantitative estimate of drug-likeness (QED) is 0.233. The van der Waals surface area contributed by atoms with Crippen LogP contribution in [0.2, 0.25) is 0 Å². The molecule has 4 heterocycles.